The van der Waals surface area contributed by atoms with Crippen molar-refractivity contribution in [2.75, 3.05) is 18.5 Å². The van der Waals surface area contributed by atoms with Crippen molar-refractivity contribution in [2.45, 2.75) is 25.9 Å². The van der Waals surface area contributed by atoms with Crippen LogP contribution < -0.4 is 4.90 Å². The normalized spacial score (nSPS) is 17.5. The zero-order valence-corrected chi connectivity index (χ0v) is 9.35. The zero-order valence-electron chi connectivity index (χ0n) is 9.35. The molecule has 1 aliphatic rings. The van der Waals surface area contributed by atoms with Gasteiger partial charge in [-0.2, -0.15) is 0 Å². The fourth-order valence-electron chi connectivity index (χ4n) is 1.65. The number of aliphatic hydroxyl groups excluding tert-OH is 1. The molecular weight excluding hydrogens is 188 g/mol. The van der Waals surface area contributed by atoms with Crippen LogP contribution in [0, 0.1) is 5.92 Å². The van der Waals surface area contributed by atoms with E-state index in [1.54, 1.807) is 13.1 Å². The first kappa shape index (κ1) is 10.4. The van der Waals surface area contributed by atoms with E-state index in [-0.39, 0.29) is 0 Å². The maximum absolute atomic E-state index is 9.36. The van der Waals surface area contributed by atoms with Crippen molar-refractivity contribution in [3.8, 4) is 0 Å². The second kappa shape index (κ2) is 4.19. The molecule has 0 amide bonds. The van der Waals surface area contributed by atoms with Crippen LogP contribution in [0.4, 0.5) is 5.82 Å². The van der Waals surface area contributed by atoms with E-state index >= 15 is 0 Å². The van der Waals surface area contributed by atoms with E-state index in [0.29, 0.717) is 0 Å². The highest BCUT2D eigenvalue weighted by atomic mass is 16.3. The average molecular weight is 206 g/mol. The summed E-state index contributed by atoms with van der Waals surface area (Å²) >= 11 is 0. The predicted octanol–water partition coefficient (Wildman–Crippen LogP) is 1.98. The van der Waals surface area contributed by atoms with Gasteiger partial charge < -0.3 is 10.0 Å². The molecule has 15 heavy (non-hydrogen) atoms. The molecular formula is C12H18N2O. The molecule has 0 spiro atoms. The number of nitrogens with zero attached hydrogens (tertiary/aromatic N) is 2. The van der Waals surface area contributed by atoms with E-state index in [0.717, 1.165) is 23.8 Å². The molecule has 1 unspecified atom stereocenters. The van der Waals surface area contributed by atoms with Gasteiger partial charge in [0.05, 0.1) is 6.10 Å². The van der Waals surface area contributed by atoms with Crippen LogP contribution in [0.1, 0.15) is 31.4 Å². The molecule has 0 radical (unpaired) electrons. The Balaban J connectivity index is 2.01. The summed E-state index contributed by atoms with van der Waals surface area (Å²) in [7, 11) is 2.07. The van der Waals surface area contributed by atoms with Crippen molar-refractivity contribution >= 4 is 5.82 Å². The number of hydrogen-bond acceptors (Lipinski definition) is 3. The number of rotatable bonds is 4. The number of aromatic nitrogens is 1. The van der Waals surface area contributed by atoms with Crippen molar-refractivity contribution in [1.82, 2.24) is 4.98 Å². The number of pyridine rings is 1. The highest BCUT2D eigenvalue weighted by molar-refractivity contribution is 5.38. The summed E-state index contributed by atoms with van der Waals surface area (Å²) in [5.74, 6) is 1.86. The monoisotopic (exact) mass is 206 g/mol. The lowest BCUT2D eigenvalue weighted by atomic mass is 10.2. The molecule has 82 valence electrons. The second-order valence-corrected chi connectivity index (χ2v) is 4.45. The zero-order chi connectivity index (χ0) is 10.8. The number of hydrogen-bond donors (Lipinski definition) is 1. The van der Waals surface area contributed by atoms with E-state index in [1.807, 2.05) is 12.1 Å². The van der Waals surface area contributed by atoms with Gasteiger partial charge in [-0.05, 0) is 37.3 Å². The van der Waals surface area contributed by atoms with Crippen LogP contribution in [0.15, 0.2) is 18.3 Å². The molecule has 0 aliphatic heterocycles. The third-order valence-corrected chi connectivity index (χ3v) is 2.87. The summed E-state index contributed by atoms with van der Waals surface area (Å²) in [6, 6.07) is 3.92. The summed E-state index contributed by atoms with van der Waals surface area (Å²) < 4.78 is 0. The first-order valence-corrected chi connectivity index (χ1v) is 5.52. The minimum Gasteiger partial charge on any atom is -0.389 e. The van der Waals surface area contributed by atoms with Crippen LogP contribution in [0.5, 0.6) is 0 Å². The summed E-state index contributed by atoms with van der Waals surface area (Å²) in [6.45, 7) is 2.85. The Labute approximate surface area is 90.8 Å². The van der Waals surface area contributed by atoms with E-state index < -0.39 is 6.10 Å². The maximum atomic E-state index is 9.36. The van der Waals surface area contributed by atoms with Gasteiger partial charge in [-0.25, -0.2) is 4.98 Å². The maximum Gasteiger partial charge on any atom is 0.128 e. The topological polar surface area (TPSA) is 36.4 Å². The molecule has 0 aromatic carbocycles. The van der Waals surface area contributed by atoms with Gasteiger partial charge in [0, 0.05) is 19.8 Å². The van der Waals surface area contributed by atoms with Gasteiger partial charge in [-0.3, -0.25) is 0 Å². The van der Waals surface area contributed by atoms with Crippen molar-refractivity contribution in [2.24, 2.45) is 5.92 Å². The molecule has 0 saturated heterocycles. The molecule has 1 saturated carbocycles. The summed E-state index contributed by atoms with van der Waals surface area (Å²) in [6.07, 6.45) is 4.04. The second-order valence-electron chi connectivity index (χ2n) is 4.45. The summed E-state index contributed by atoms with van der Waals surface area (Å²) in [4.78, 5) is 6.53. The lowest BCUT2D eigenvalue weighted by molar-refractivity contribution is 0.199. The molecule has 3 heteroatoms. The van der Waals surface area contributed by atoms with Crippen molar-refractivity contribution in [3.63, 3.8) is 0 Å². The van der Waals surface area contributed by atoms with Gasteiger partial charge in [0.2, 0.25) is 0 Å². The van der Waals surface area contributed by atoms with Gasteiger partial charge in [0.25, 0.3) is 0 Å². The van der Waals surface area contributed by atoms with Gasteiger partial charge in [-0.15, -0.1) is 0 Å². The fourth-order valence-corrected chi connectivity index (χ4v) is 1.65. The molecule has 2 rings (SSSR count). The van der Waals surface area contributed by atoms with Crippen LogP contribution in [-0.4, -0.2) is 23.7 Å². The van der Waals surface area contributed by atoms with Crippen molar-refractivity contribution in [3.05, 3.63) is 23.9 Å². The lowest BCUT2D eigenvalue weighted by Gasteiger charge is -2.18. The summed E-state index contributed by atoms with van der Waals surface area (Å²) in [5, 5.41) is 9.36. The smallest absolute Gasteiger partial charge is 0.128 e. The largest absolute Gasteiger partial charge is 0.389 e. The van der Waals surface area contributed by atoms with Crippen LogP contribution in [0.2, 0.25) is 0 Å². The van der Waals surface area contributed by atoms with E-state index in [2.05, 4.69) is 16.9 Å². The van der Waals surface area contributed by atoms with Crippen molar-refractivity contribution in [1.29, 1.82) is 0 Å². The van der Waals surface area contributed by atoms with Gasteiger partial charge in [-0.1, -0.05) is 6.07 Å². The first-order chi connectivity index (χ1) is 7.16. The highest BCUT2D eigenvalue weighted by Gasteiger charge is 2.23. The molecule has 1 N–H and O–H groups in total. The van der Waals surface area contributed by atoms with E-state index in [1.165, 1.54) is 12.8 Å². The van der Waals surface area contributed by atoms with E-state index in [9.17, 15) is 5.11 Å². The molecule has 3 nitrogen and oxygen atoms in total. The van der Waals surface area contributed by atoms with Gasteiger partial charge >= 0.3 is 0 Å². The Morgan fingerprint density at radius 3 is 2.73 bits per heavy atom. The van der Waals surface area contributed by atoms with Gasteiger partial charge in [0.1, 0.15) is 5.82 Å². The average Bonchev–Trinajstić information content (AvgIpc) is 3.02. The summed E-state index contributed by atoms with van der Waals surface area (Å²) in [5.41, 5.74) is 0.874. The molecule has 1 aromatic heterocycles. The van der Waals surface area contributed by atoms with Crippen LogP contribution in [0.3, 0.4) is 0 Å². The van der Waals surface area contributed by atoms with Crippen LogP contribution in [0.25, 0.3) is 0 Å². The fraction of sp³-hybridized carbons (Fsp3) is 0.583. The Hall–Kier alpha value is -1.09. The minimum absolute atomic E-state index is 0.430. The van der Waals surface area contributed by atoms with Gasteiger partial charge in [0.15, 0.2) is 0 Å². The highest BCUT2D eigenvalue weighted by Crippen LogP contribution is 2.30. The molecule has 1 heterocycles. The van der Waals surface area contributed by atoms with E-state index in [4.69, 9.17) is 0 Å². The SMILES string of the molecule is CC(O)c1ccc(N(C)CC2CC2)nc1. The third kappa shape index (κ3) is 2.69. The third-order valence-electron chi connectivity index (χ3n) is 2.87. The first-order valence-electron chi connectivity index (χ1n) is 5.52. The Kier molecular flexibility index (Phi) is 2.91. The number of aliphatic hydroxyl groups is 1. The Morgan fingerprint density at radius 1 is 1.53 bits per heavy atom. The molecule has 1 aromatic rings. The standard InChI is InChI=1S/C12H18N2O/c1-9(15)11-5-6-12(13-7-11)14(2)8-10-3-4-10/h5-7,9-10,15H,3-4,8H2,1-2H3. The number of anilines is 1. The lowest BCUT2D eigenvalue weighted by Crippen LogP contribution is -2.20. The molecule has 1 fully saturated rings. The van der Waals surface area contributed by atoms with Crippen molar-refractivity contribution < 1.29 is 5.11 Å². The minimum atomic E-state index is -0.430. The predicted molar refractivity (Wildman–Crippen MR) is 60.9 cm³/mol. The molecule has 1 aliphatic carbocycles. The molecule has 0 bridgehead atoms. The molecule has 1 atom stereocenters. The Bertz CT molecular complexity index is 317. The Morgan fingerprint density at radius 2 is 2.27 bits per heavy atom. The quantitative estimate of drug-likeness (QED) is 0.818. The van der Waals surface area contributed by atoms with Crippen LogP contribution >= 0.6 is 0 Å². The van der Waals surface area contributed by atoms with Crippen LogP contribution in [-0.2, 0) is 0 Å².